The zero-order valence-corrected chi connectivity index (χ0v) is 13.3. The van der Waals surface area contributed by atoms with Gasteiger partial charge in [0.1, 0.15) is 4.90 Å². The molecule has 1 aromatic heterocycles. The summed E-state index contributed by atoms with van der Waals surface area (Å²) >= 11 is 0. The van der Waals surface area contributed by atoms with Crippen molar-refractivity contribution >= 4 is 15.9 Å². The van der Waals surface area contributed by atoms with Gasteiger partial charge in [-0.1, -0.05) is 13.8 Å². The van der Waals surface area contributed by atoms with Gasteiger partial charge in [0.15, 0.2) is 0 Å². The Labute approximate surface area is 125 Å². The molecule has 0 radical (unpaired) electrons. The van der Waals surface area contributed by atoms with Crippen molar-refractivity contribution in [2.75, 3.05) is 6.54 Å². The molecule has 7 nitrogen and oxygen atoms in total. The molecule has 0 aliphatic carbocycles. The molecule has 118 valence electrons. The standard InChI is InChI=1S/C13H22N4O3S/c1-9(2)7-16-13(18)10(3)17-21(19,20)12-5-4-11(6-14)15-8-12/h4-5,8-10,17H,6-7,14H2,1-3H3,(H,16,18). The minimum atomic E-state index is -3.78. The highest BCUT2D eigenvalue weighted by Gasteiger charge is 2.22. The van der Waals surface area contributed by atoms with Gasteiger partial charge >= 0.3 is 0 Å². The number of pyridine rings is 1. The quantitative estimate of drug-likeness (QED) is 0.654. The minimum absolute atomic E-state index is 0.00297. The molecule has 0 fully saturated rings. The SMILES string of the molecule is CC(C)CNC(=O)C(C)NS(=O)(=O)c1ccc(CN)nc1. The Kier molecular flexibility index (Phi) is 6.25. The van der Waals surface area contributed by atoms with Gasteiger partial charge in [0.2, 0.25) is 15.9 Å². The highest BCUT2D eigenvalue weighted by Crippen LogP contribution is 2.08. The molecule has 1 atom stereocenters. The van der Waals surface area contributed by atoms with Crippen molar-refractivity contribution in [2.45, 2.75) is 38.3 Å². The molecule has 1 rings (SSSR count). The van der Waals surface area contributed by atoms with E-state index in [-0.39, 0.29) is 17.3 Å². The number of nitrogens with two attached hydrogens (primary N) is 1. The number of nitrogens with one attached hydrogen (secondary N) is 2. The van der Waals surface area contributed by atoms with Crippen LogP contribution in [0.3, 0.4) is 0 Å². The lowest BCUT2D eigenvalue weighted by Crippen LogP contribution is -2.45. The molecule has 0 aromatic carbocycles. The van der Waals surface area contributed by atoms with Gasteiger partial charge in [-0.2, -0.15) is 4.72 Å². The third-order valence-electron chi connectivity index (χ3n) is 2.73. The summed E-state index contributed by atoms with van der Waals surface area (Å²) in [6, 6.07) is 2.09. The van der Waals surface area contributed by atoms with Crippen molar-refractivity contribution in [3.8, 4) is 0 Å². The van der Waals surface area contributed by atoms with E-state index in [4.69, 9.17) is 5.73 Å². The number of carbonyl (C=O) groups excluding carboxylic acids is 1. The predicted molar refractivity (Wildman–Crippen MR) is 79.8 cm³/mol. The summed E-state index contributed by atoms with van der Waals surface area (Å²) in [6.07, 6.45) is 1.23. The molecule has 0 saturated heterocycles. The van der Waals surface area contributed by atoms with E-state index in [1.165, 1.54) is 25.3 Å². The molecule has 8 heteroatoms. The minimum Gasteiger partial charge on any atom is -0.354 e. The fraction of sp³-hybridized carbons (Fsp3) is 0.538. The van der Waals surface area contributed by atoms with E-state index in [2.05, 4.69) is 15.0 Å². The van der Waals surface area contributed by atoms with Crippen molar-refractivity contribution in [3.05, 3.63) is 24.0 Å². The van der Waals surface area contributed by atoms with Crippen LogP contribution in [0.1, 0.15) is 26.5 Å². The van der Waals surface area contributed by atoms with E-state index in [9.17, 15) is 13.2 Å². The molecule has 1 unspecified atom stereocenters. The molecule has 1 aromatic rings. The Hall–Kier alpha value is -1.51. The van der Waals surface area contributed by atoms with Crippen LogP contribution in [0, 0.1) is 5.92 Å². The van der Waals surface area contributed by atoms with Crippen LogP contribution in [0.5, 0.6) is 0 Å². The molecule has 4 N–H and O–H groups in total. The molecule has 0 bridgehead atoms. The van der Waals surface area contributed by atoms with Crippen molar-refractivity contribution < 1.29 is 13.2 Å². The molecule has 0 spiro atoms. The number of carbonyl (C=O) groups is 1. The van der Waals surface area contributed by atoms with Crippen molar-refractivity contribution in [2.24, 2.45) is 11.7 Å². The second-order valence-electron chi connectivity index (χ2n) is 5.17. The van der Waals surface area contributed by atoms with Crippen molar-refractivity contribution in [1.82, 2.24) is 15.0 Å². The number of amides is 1. The summed E-state index contributed by atoms with van der Waals surface area (Å²) < 4.78 is 26.6. The van der Waals surface area contributed by atoms with Gasteiger partial charge in [0, 0.05) is 19.3 Å². The van der Waals surface area contributed by atoms with Gasteiger partial charge in [0.25, 0.3) is 0 Å². The fourth-order valence-electron chi connectivity index (χ4n) is 1.50. The summed E-state index contributed by atoms with van der Waals surface area (Å²) in [6.45, 7) is 6.15. The molecule has 0 saturated carbocycles. The average molecular weight is 314 g/mol. The molecular weight excluding hydrogens is 292 g/mol. The van der Waals surface area contributed by atoms with Crippen LogP contribution >= 0.6 is 0 Å². The second-order valence-corrected chi connectivity index (χ2v) is 6.89. The van der Waals surface area contributed by atoms with Crippen molar-refractivity contribution in [3.63, 3.8) is 0 Å². The van der Waals surface area contributed by atoms with Crippen LogP contribution in [0.2, 0.25) is 0 Å². The lowest BCUT2D eigenvalue weighted by molar-refractivity contribution is -0.122. The first kappa shape index (κ1) is 17.5. The van der Waals surface area contributed by atoms with Gasteiger partial charge in [-0.25, -0.2) is 8.42 Å². The van der Waals surface area contributed by atoms with Gasteiger partial charge < -0.3 is 11.1 Å². The number of aromatic nitrogens is 1. The predicted octanol–water partition coefficient (Wildman–Crippen LogP) is -0.0207. The van der Waals surface area contributed by atoms with Crippen LogP contribution in [0.15, 0.2) is 23.2 Å². The smallest absolute Gasteiger partial charge is 0.242 e. The summed E-state index contributed by atoms with van der Waals surface area (Å²) in [4.78, 5) is 15.7. The van der Waals surface area contributed by atoms with Crippen LogP contribution in [-0.2, 0) is 21.4 Å². The molecule has 21 heavy (non-hydrogen) atoms. The van der Waals surface area contributed by atoms with E-state index >= 15 is 0 Å². The van der Waals surface area contributed by atoms with E-state index in [1.807, 2.05) is 13.8 Å². The van der Waals surface area contributed by atoms with Gasteiger partial charge in [-0.05, 0) is 25.0 Å². The van der Waals surface area contributed by atoms with E-state index in [1.54, 1.807) is 0 Å². The maximum absolute atomic E-state index is 12.1. The number of rotatable bonds is 7. The third-order valence-corrected chi connectivity index (χ3v) is 4.25. The average Bonchev–Trinajstić information content (AvgIpc) is 2.44. The topological polar surface area (TPSA) is 114 Å². The summed E-state index contributed by atoms with van der Waals surface area (Å²) in [5.74, 6) is -0.0652. The fourth-order valence-corrected chi connectivity index (χ4v) is 2.65. The highest BCUT2D eigenvalue weighted by atomic mass is 32.2. The first-order valence-electron chi connectivity index (χ1n) is 6.71. The molecular formula is C13H22N4O3S. The monoisotopic (exact) mass is 314 g/mol. The van der Waals surface area contributed by atoms with Gasteiger partial charge in [-0.3, -0.25) is 9.78 Å². The number of nitrogens with zero attached hydrogens (tertiary/aromatic N) is 1. The Balaban J connectivity index is 2.72. The first-order chi connectivity index (χ1) is 9.76. The van der Waals surface area contributed by atoms with E-state index in [0.29, 0.717) is 18.2 Å². The largest absolute Gasteiger partial charge is 0.354 e. The first-order valence-corrected chi connectivity index (χ1v) is 8.19. The summed E-state index contributed by atoms with van der Waals surface area (Å²) in [5.41, 5.74) is 6.00. The summed E-state index contributed by atoms with van der Waals surface area (Å²) in [5, 5.41) is 2.68. The number of hydrogen-bond acceptors (Lipinski definition) is 5. The Morgan fingerprint density at radius 2 is 2.00 bits per heavy atom. The maximum atomic E-state index is 12.1. The Bertz CT molecular complexity index is 570. The maximum Gasteiger partial charge on any atom is 0.242 e. The number of hydrogen-bond donors (Lipinski definition) is 3. The van der Waals surface area contributed by atoms with Gasteiger partial charge in [-0.15, -0.1) is 0 Å². The van der Waals surface area contributed by atoms with E-state index < -0.39 is 16.1 Å². The second kappa shape index (κ2) is 7.48. The lowest BCUT2D eigenvalue weighted by Gasteiger charge is -2.15. The molecule has 1 amide bonds. The Morgan fingerprint density at radius 1 is 1.33 bits per heavy atom. The zero-order valence-electron chi connectivity index (χ0n) is 12.5. The molecule has 1 heterocycles. The van der Waals surface area contributed by atoms with Crippen LogP contribution in [0.4, 0.5) is 0 Å². The van der Waals surface area contributed by atoms with Crippen molar-refractivity contribution in [1.29, 1.82) is 0 Å². The number of sulfonamides is 1. The van der Waals surface area contributed by atoms with Gasteiger partial charge in [0.05, 0.1) is 11.7 Å². The lowest BCUT2D eigenvalue weighted by atomic mass is 10.2. The molecule has 0 aliphatic heterocycles. The summed E-state index contributed by atoms with van der Waals surface area (Å²) in [7, 11) is -3.78. The van der Waals surface area contributed by atoms with E-state index in [0.717, 1.165) is 0 Å². The molecule has 0 aliphatic rings. The zero-order chi connectivity index (χ0) is 16.0. The third kappa shape index (κ3) is 5.41. The highest BCUT2D eigenvalue weighted by molar-refractivity contribution is 7.89. The van der Waals surface area contributed by atoms with Crippen LogP contribution in [-0.4, -0.2) is 31.9 Å². The van der Waals surface area contributed by atoms with Crippen LogP contribution in [0.25, 0.3) is 0 Å². The van der Waals surface area contributed by atoms with Crippen LogP contribution < -0.4 is 15.8 Å². The Morgan fingerprint density at radius 3 is 2.48 bits per heavy atom. The normalized spacial score (nSPS) is 13.2.